The molecule has 138 valence electrons. The first-order valence-electron chi connectivity index (χ1n) is 8.50. The lowest BCUT2D eigenvalue weighted by Crippen LogP contribution is -2.30. The van der Waals surface area contributed by atoms with Crippen LogP contribution in [-0.2, 0) is 9.53 Å². The van der Waals surface area contributed by atoms with Gasteiger partial charge in [-0.2, -0.15) is 0 Å². The summed E-state index contributed by atoms with van der Waals surface area (Å²) in [6, 6.07) is 13.5. The van der Waals surface area contributed by atoms with Crippen molar-refractivity contribution >= 4 is 29.2 Å². The number of esters is 1. The highest BCUT2D eigenvalue weighted by Crippen LogP contribution is 2.21. The van der Waals surface area contributed by atoms with Gasteiger partial charge in [-0.15, -0.1) is 0 Å². The summed E-state index contributed by atoms with van der Waals surface area (Å²) in [7, 11) is 0. The van der Waals surface area contributed by atoms with Crippen molar-refractivity contribution in [2.24, 2.45) is 0 Å². The molecule has 0 heterocycles. The van der Waals surface area contributed by atoms with Gasteiger partial charge in [-0.05, 0) is 49.7 Å². The number of hydrogen-bond donors (Lipinski definition) is 1. The molecule has 0 bridgehead atoms. The van der Waals surface area contributed by atoms with Crippen LogP contribution >= 0.6 is 11.6 Å². The number of rotatable bonds is 8. The summed E-state index contributed by atoms with van der Waals surface area (Å²) in [5, 5.41) is 3.18. The van der Waals surface area contributed by atoms with E-state index in [4.69, 9.17) is 21.1 Å². The summed E-state index contributed by atoms with van der Waals surface area (Å²) in [5.74, 6) is -0.201. The number of hydrogen-bond acceptors (Lipinski definition) is 4. The van der Waals surface area contributed by atoms with Gasteiger partial charge in [-0.1, -0.05) is 37.1 Å². The maximum Gasteiger partial charge on any atom is 0.338 e. The van der Waals surface area contributed by atoms with E-state index >= 15 is 0 Å². The lowest BCUT2D eigenvalue weighted by Gasteiger charge is -2.15. The van der Waals surface area contributed by atoms with E-state index in [0.29, 0.717) is 28.6 Å². The van der Waals surface area contributed by atoms with Gasteiger partial charge < -0.3 is 14.8 Å². The second kappa shape index (κ2) is 9.82. The summed E-state index contributed by atoms with van der Waals surface area (Å²) in [5.41, 5.74) is 0.974. The molecule has 0 saturated carbocycles. The van der Waals surface area contributed by atoms with Crippen LogP contribution in [0.1, 0.15) is 37.0 Å². The van der Waals surface area contributed by atoms with E-state index in [1.165, 1.54) is 0 Å². The van der Waals surface area contributed by atoms with Crippen LogP contribution < -0.4 is 10.1 Å². The van der Waals surface area contributed by atoms with E-state index in [-0.39, 0.29) is 11.9 Å². The molecule has 1 atom stereocenters. The van der Waals surface area contributed by atoms with E-state index in [2.05, 4.69) is 5.32 Å². The lowest BCUT2D eigenvalue weighted by atomic mass is 10.2. The maximum atomic E-state index is 12.2. The topological polar surface area (TPSA) is 64.6 Å². The molecule has 0 fully saturated rings. The summed E-state index contributed by atoms with van der Waals surface area (Å²) in [4.78, 5) is 24.1. The highest BCUT2D eigenvalue weighted by Gasteiger charge is 2.16. The summed E-state index contributed by atoms with van der Waals surface area (Å²) in [6.07, 6.45) is 1.08. The number of halogens is 1. The molecule has 0 aliphatic carbocycles. The molecule has 26 heavy (non-hydrogen) atoms. The van der Waals surface area contributed by atoms with Crippen molar-refractivity contribution in [3.8, 4) is 5.75 Å². The van der Waals surface area contributed by atoms with Gasteiger partial charge in [0.15, 0.2) is 6.10 Å². The number of benzene rings is 2. The van der Waals surface area contributed by atoms with Crippen LogP contribution in [0.25, 0.3) is 0 Å². The quantitative estimate of drug-likeness (QED) is 0.536. The third kappa shape index (κ3) is 5.77. The minimum Gasteiger partial charge on any atom is -0.481 e. The Morgan fingerprint density at radius 3 is 2.46 bits per heavy atom. The molecular weight excluding hydrogens is 354 g/mol. The fourth-order valence-electron chi connectivity index (χ4n) is 2.12. The molecule has 1 N–H and O–H groups in total. The third-order valence-electron chi connectivity index (χ3n) is 3.63. The monoisotopic (exact) mass is 375 g/mol. The minimum atomic E-state index is -0.728. The van der Waals surface area contributed by atoms with Crippen molar-refractivity contribution in [3.05, 3.63) is 59.1 Å². The largest absolute Gasteiger partial charge is 0.481 e. The number of carbonyl (C=O) groups is 2. The summed E-state index contributed by atoms with van der Waals surface area (Å²) < 4.78 is 10.8. The Kier molecular flexibility index (Phi) is 7.48. The number of anilines is 1. The van der Waals surface area contributed by atoms with Gasteiger partial charge in [0.25, 0.3) is 5.91 Å². The summed E-state index contributed by atoms with van der Waals surface area (Å²) >= 11 is 6.03. The highest BCUT2D eigenvalue weighted by atomic mass is 35.5. The van der Waals surface area contributed by atoms with E-state index in [1.807, 2.05) is 6.92 Å². The molecule has 0 aromatic heterocycles. The van der Waals surface area contributed by atoms with Crippen LogP contribution in [0.2, 0.25) is 5.02 Å². The number of para-hydroxylation sites is 1. The van der Waals surface area contributed by atoms with Gasteiger partial charge >= 0.3 is 5.97 Å². The molecule has 1 amide bonds. The highest BCUT2D eigenvalue weighted by molar-refractivity contribution is 6.33. The first-order valence-corrected chi connectivity index (χ1v) is 8.88. The molecule has 2 aromatic rings. The Balaban J connectivity index is 1.90. The van der Waals surface area contributed by atoms with Crippen molar-refractivity contribution in [3.63, 3.8) is 0 Å². The van der Waals surface area contributed by atoms with Gasteiger partial charge in [0.2, 0.25) is 0 Å². The van der Waals surface area contributed by atoms with Crippen molar-refractivity contribution < 1.29 is 19.1 Å². The fraction of sp³-hybridized carbons (Fsp3) is 0.300. The summed E-state index contributed by atoms with van der Waals surface area (Å²) in [6.45, 7) is 4.08. The average molecular weight is 376 g/mol. The van der Waals surface area contributed by atoms with Crippen molar-refractivity contribution in [2.45, 2.75) is 32.8 Å². The molecule has 0 aliphatic heterocycles. The molecule has 5 nitrogen and oxygen atoms in total. The van der Waals surface area contributed by atoms with E-state index in [1.54, 1.807) is 55.5 Å². The number of carbonyl (C=O) groups excluding carboxylic acids is 2. The SMILES string of the molecule is CCCCOC(=O)c1ccc(O[C@@H](C)C(=O)Nc2ccccc2Cl)cc1. The molecule has 0 unspecified atom stereocenters. The Bertz CT molecular complexity index is 746. The van der Waals surface area contributed by atoms with Gasteiger partial charge in [0, 0.05) is 0 Å². The van der Waals surface area contributed by atoms with Gasteiger partial charge in [0.05, 0.1) is 22.9 Å². The molecular formula is C20H22ClNO4. The van der Waals surface area contributed by atoms with Crippen molar-refractivity contribution in [1.29, 1.82) is 0 Å². The zero-order chi connectivity index (χ0) is 18.9. The molecule has 0 spiro atoms. The predicted molar refractivity (Wildman–Crippen MR) is 102 cm³/mol. The fourth-order valence-corrected chi connectivity index (χ4v) is 2.30. The van der Waals surface area contributed by atoms with Gasteiger partial charge in [-0.25, -0.2) is 4.79 Å². The molecule has 0 radical (unpaired) electrons. The average Bonchev–Trinajstić information content (AvgIpc) is 2.64. The van der Waals surface area contributed by atoms with Crippen LogP contribution in [-0.4, -0.2) is 24.6 Å². The maximum absolute atomic E-state index is 12.2. The second-order valence-corrected chi connectivity index (χ2v) is 6.15. The van der Waals surface area contributed by atoms with Crippen molar-refractivity contribution in [1.82, 2.24) is 0 Å². The number of amides is 1. The van der Waals surface area contributed by atoms with E-state index in [0.717, 1.165) is 12.8 Å². The first kappa shape index (κ1) is 19.8. The normalized spacial score (nSPS) is 11.5. The van der Waals surface area contributed by atoms with Gasteiger partial charge in [0.1, 0.15) is 5.75 Å². The van der Waals surface area contributed by atoms with E-state index in [9.17, 15) is 9.59 Å². The van der Waals surface area contributed by atoms with Crippen LogP contribution in [0.15, 0.2) is 48.5 Å². The Labute approximate surface area is 158 Å². The van der Waals surface area contributed by atoms with Gasteiger partial charge in [-0.3, -0.25) is 4.79 Å². The number of unbranched alkanes of at least 4 members (excludes halogenated alkanes) is 1. The Morgan fingerprint density at radius 1 is 1.12 bits per heavy atom. The second-order valence-electron chi connectivity index (χ2n) is 5.74. The lowest BCUT2D eigenvalue weighted by molar-refractivity contribution is -0.122. The Hall–Kier alpha value is -2.53. The molecule has 6 heteroatoms. The molecule has 0 saturated heterocycles. The third-order valence-corrected chi connectivity index (χ3v) is 3.96. The minimum absolute atomic E-state index is 0.318. The molecule has 2 aromatic carbocycles. The van der Waals surface area contributed by atoms with Crippen molar-refractivity contribution in [2.75, 3.05) is 11.9 Å². The standard InChI is InChI=1S/C20H22ClNO4/c1-3-4-13-25-20(24)15-9-11-16(12-10-15)26-14(2)19(23)22-18-8-6-5-7-17(18)21/h5-12,14H,3-4,13H2,1-2H3,(H,22,23)/t14-/m0/s1. The zero-order valence-electron chi connectivity index (χ0n) is 14.8. The zero-order valence-corrected chi connectivity index (χ0v) is 15.6. The van der Waals surface area contributed by atoms with Crippen LogP contribution in [0.3, 0.4) is 0 Å². The predicted octanol–water partition coefficient (Wildman–Crippen LogP) is 4.70. The molecule has 0 aliphatic rings. The molecule has 2 rings (SSSR count). The van der Waals surface area contributed by atoms with Crippen LogP contribution in [0.5, 0.6) is 5.75 Å². The van der Waals surface area contributed by atoms with E-state index < -0.39 is 6.10 Å². The number of nitrogens with one attached hydrogen (secondary N) is 1. The smallest absolute Gasteiger partial charge is 0.338 e. The van der Waals surface area contributed by atoms with Crippen LogP contribution in [0.4, 0.5) is 5.69 Å². The van der Waals surface area contributed by atoms with Crippen LogP contribution in [0, 0.1) is 0 Å². The Morgan fingerprint density at radius 2 is 1.81 bits per heavy atom. The number of ether oxygens (including phenoxy) is 2. The first-order chi connectivity index (χ1) is 12.5.